The third kappa shape index (κ3) is 2.81. The number of ether oxygens (including phenoxy) is 1. The summed E-state index contributed by atoms with van der Waals surface area (Å²) in [6.07, 6.45) is -8.43. The first-order chi connectivity index (χ1) is 5.27. The highest BCUT2D eigenvalue weighted by Gasteiger charge is 2.44. The van der Waals surface area contributed by atoms with Gasteiger partial charge in [-0.2, -0.15) is 26.3 Å². The molecule has 0 aromatic heterocycles. The first kappa shape index (κ1) is 10.8. The van der Waals surface area contributed by atoms with Gasteiger partial charge in [0.25, 0.3) is 0 Å². The molecule has 0 amide bonds. The molecule has 12 heavy (non-hydrogen) atoms. The van der Waals surface area contributed by atoms with Gasteiger partial charge < -0.3 is 4.74 Å². The molecule has 0 aliphatic heterocycles. The first-order valence-electron chi connectivity index (χ1n) is 2.25. The monoisotopic (exact) mass is 194 g/mol. The molecule has 2 nitrogen and oxygen atoms in total. The lowest BCUT2D eigenvalue weighted by Gasteiger charge is -2.08. The number of hydrogen-bond acceptors (Lipinski definition) is 2. The Balaban J connectivity index is 4.46. The molecule has 0 aromatic rings. The van der Waals surface area contributed by atoms with E-state index in [-0.39, 0.29) is 0 Å². The van der Waals surface area contributed by atoms with Crippen molar-refractivity contribution in [3.05, 3.63) is 12.1 Å². The summed E-state index contributed by atoms with van der Waals surface area (Å²) in [5.41, 5.74) is 0. The number of rotatable bonds is 3. The Hall–Kier alpha value is -1.21. The standard InChI is InChI=1S/C4F6O2/c5-1(6)2(7)12-4(9,10)3(8)11. The van der Waals surface area contributed by atoms with E-state index < -0.39 is 24.2 Å². The van der Waals surface area contributed by atoms with Crippen LogP contribution in [0.15, 0.2) is 12.1 Å². The predicted octanol–water partition coefficient (Wildman–Crippen LogP) is 2.13. The Kier molecular flexibility index (Phi) is 3.11. The van der Waals surface area contributed by atoms with E-state index in [0.717, 1.165) is 0 Å². The molecule has 0 aromatic carbocycles. The summed E-state index contributed by atoms with van der Waals surface area (Å²) in [5, 5.41) is 0. The molecular formula is C4F6O2. The Morgan fingerprint density at radius 1 is 1.08 bits per heavy atom. The van der Waals surface area contributed by atoms with Crippen LogP contribution in [0.3, 0.4) is 0 Å². The number of carbonyl (C=O) groups excluding carboxylic acids is 1. The fourth-order valence-electron chi connectivity index (χ4n) is 0.191. The van der Waals surface area contributed by atoms with Crippen LogP contribution in [0.25, 0.3) is 0 Å². The van der Waals surface area contributed by atoms with Gasteiger partial charge in [-0.1, -0.05) is 0 Å². The van der Waals surface area contributed by atoms with Crippen LogP contribution >= 0.6 is 0 Å². The van der Waals surface area contributed by atoms with E-state index in [1.165, 1.54) is 0 Å². The lowest BCUT2D eigenvalue weighted by molar-refractivity contribution is -0.232. The van der Waals surface area contributed by atoms with Crippen LogP contribution < -0.4 is 0 Å². The number of alkyl halides is 2. The molecule has 0 atom stereocenters. The van der Waals surface area contributed by atoms with Gasteiger partial charge >= 0.3 is 24.2 Å². The molecule has 0 saturated carbocycles. The minimum absolute atomic E-state index is 2.37. The van der Waals surface area contributed by atoms with Gasteiger partial charge in [-0.25, -0.2) is 4.79 Å². The predicted molar refractivity (Wildman–Crippen MR) is 22.5 cm³/mol. The van der Waals surface area contributed by atoms with Gasteiger partial charge in [0.15, 0.2) is 0 Å². The van der Waals surface area contributed by atoms with Gasteiger partial charge in [0.2, 0.25) is 0 Å². The third-order valence-electron chi connectivity index (χ3n) is 0.595. The van der Waals surface area contributed by atoms with Gasteiger partial charge in [-0.15, -0.1) is 0 Å². The highest BCUT2D eigenvalue weighted by atomic mass is 19.3. The van der Waals surface area contributed by atoms with Crippen molar-refractivity contribution in [1.29, 1.82) is 0 Å². The average Bonchev–Trinajstić information content (AvgIpc) is 1.85. The topological polar surface area (TPSA) is 26.3 Å². The van der Waals surface area contributed by atoms with Crippen LogP contribution in [0, 0.1) is 0 Å². The molecule has 0 N–H and O–H groups in total. The summed E-state index contributed by atoms with van der Waals surface area (Å²) in [5.74, 6) is 0. The summed E-state index contributed by atoms with van der Waals surface area (Å²) in [6.45, 7) is 0. The summed E-state index contributed by atoms with van der Waals surface area (Å²) < 4.78 is 70.3. The van der Waals surface area contributed by atoms with E-state index >= 15 is 0 Å². The second-order valence-corrected chi connectivity index (χ2v) is 1.43. The highest BCUT2D eigenvalue weighted by molar-refractivity contribution is 5.74. The molecule has 0 saturated heterocycles. The molecule has 70 valence electrons. The van der Waals surface area contributed by atoms with Crippen molar-refractivity contribution in [3.63, 3.8) is 0 Å². The van der Waals surface area contributed by atoms with Crippen LogP contribution in [0.5, 0.6) is 0 Å². The van der Waals surface area contributed by atoms with E-state index in [1.54, 1.807) is 0 Å². The minimum atomic E-state index is -5.21. The molecule has 0 unspecified atom stereocenters. The Bertz CT molecular complexity index is 218. The van der Waals surface area contributed by atoms with Crippen molar-refractivity contribution < 1.29 is 35.9 Å². The van der Waals surface area contributed by atoms with Gasteiger partial charge in [-0.3, -0.25) is 0 Å². The van der Waals surface area contributed by atoms with Crippen LogP contribution in [0.1, 0.15) is 0 Å². The maximum atomic E-state index is 11.6. The molecule has 0 aliphatic rings. The molecular weight excluding hydrogens is 194 g/mol. The maximum Gasteiger partial charge on any atom is 0.496 e. The normalized spacial score (nSPS) is 10.8. The van der Waals surface area contributed by atoms with Crippen molar-refractivity contribution >= 4 is 6.04 Å². The molecule has 8 heteroatoms. The summed E-state index contributed by atoms with van der Waals surface area (Å²) >= 11 is 0. The highest BCUT2D eigenvalue weighted by Crippen LogP contribution is 2.24. The average molecular weight is 194 g/mol. The fraction of sp³-hybridized carbons (Fsp3) is 0.250. The lowest BCUT2D eigenvalue weighted by Crippen LogP contribution is -2.27. The second kappa shape index (κ2) is 3.46. The maximum absolute atomic E-state index is 11.6. The second-order valence-electron chi connectivity index (χ2n) is 1.43. The Morgan fingerprint density at radius 3 is 1.75 bits per heavy atom. The molecule has 0 rings (SSSR count). The summed E-state index contributed by atoms with van der Waals surface area (Å²) in [7, 11) is 0. The molecule has 0 fully saturated rings. The largest absolute Gasteiger partial charge is 0.496 e. The zero-order valence-corrected chi connectivity index (χ0v) is 5.08. The molecule has 0 bridgehead atoms. The van der Waals surface area contributed by atoms with Gasteiger partial charge in [0.1, 0.15) is 0 Å². The Labute approximate surface area is 61.4 Å². The molecule has 0 radical (unpaired) electrons. The molecule has 0 spiro atoms. The van der Waals surface area contributed by atoms with Crippen molar-refractivity contribution in [1.82, 2.24) is 0 Å². The zero-order valence-electron chi connectivity index (χ0n) is 5.08. The molecule has 0 aliphatic carbocycles. The number of carbonyl (C=O) groups is 1. The Morgan fingerprint density at radius 2 is 1.50 bits per heavy atom. The SMILES string of the molecule is O=C(F)C(F)(F)OC(F)=C(F)F. The number of hydrogen-bond donors (Lipinski definition) is 0. The van der Waals surface area contributed by atoms with Crippen LogP contribution in [-0.4, -0.2) is 12.1 Å². The van der Waals surface area contributed by atoms with E-state index in [4.69, 9.17) is 0 Å². The van der Waals surface area contributed by atoms with Crippen molar-refractivity contribution in [2.45, 2.75) is 6.11 Å². The summed E-state index contributed by atoms with van der Waals surface area (Å²) in [4.78, 5) is 9.25. The summed E-state index contributed by atoms with van der Waals surface area (Å²) in [6, 6.07) is -6.36. The van der Waals surface area contributed by atoms with Crippen molar-refractivity contribution in [2.75, 3.05) is 0 Å². The van der Waals surface area contributed by atoms with Gasteiger partial charge in [0, 0.05) is 0 Å². The van der Waals surface area contributed by atoms with Crippen molar-refractivity contribution in [2.24, 2.45) is 0 Å². The fourth-order valence-corrected chi connectivity index (χ4v) is 0.191. The smallest absolute Gasteiger partial charge is 0.394 e. The zero-order chi connectivity index (χ0) is 9.94. The quantitative estimate of drug-likeness (QED) is 0.390. The van der Waals surface area contributed by atoms with E-state index in [9.17, 15) is 31.1 Å². The van der Waals surface area contributed by atoms with Crippen molar-refractivity contribution in [3.8, 4) is 0 Å². The molecule has 0 heterocycles. The van der Waals surface area contributed by atoms with Crippen LogP contribution in [0.4, 0.5) is 26.3 Å². The minimum Gasteiger partial charge on any atom is -0.394 e. The van der Waals surface area contributed by atoms with Crippen LogP contribution in [0.2, 0.25) is 0 Å². The van der Waals surface area contributed by atoms with E-state index in [1.807, 2.05) is 0 Å². The number of halogens is 6. The van der Waals surface area contributed by atoms with E-state index in [2.05, 4.69) is 4.74 Å². The third-order valence-corrected chi connectivity index (χ3v) is 0.595. The first-order valence-corrected chi connectivity index (χ1v) is 2.25. The van der Waals surface area contributed by atoms with E-state index in [0.29, 0.717) is 0 Å². The lowest BCUT2D eigenvalue weighted by atomic mass is 10.7. The van der Waals surface area contributed by atoms with Gasteiger partial charge in [0.05, 0.1) is 0 Å². The van der Waals surface area contributed by atoms with Gasteiger partial charge in [-0.05, 0) is 0 Å². The van der Waals surface area contributed by atoms with Crippen LogP contribution in [-0.2, 0) is 9.53 Å².